The van der Waals surface area contributed by atoms with Crippen molar-refractivity contribution in [2.45, 2.75) is 5.41 Å². The first-order valence-electron chi connectivity index (χ1n) is 21.0. The van der Waals surface area contributed by atoms with Gasteiger partial charge in [-0.2, -0.15) is 0 Å². The van der Waals surface area contributed by atoms with Crippen LogP contribution in [0.3, 0.4) is 0 Å². The predicted molar refractivity (Wildman–Crippen MR) is 260 cm³/mol. The molecule has 1 nitrogen and oxygen atoms in total. The van der Waals surface area contributed by atoms with E-state index in [2.05, 4.69) is 241 Å². The highest BCUT2D eigenvalue weighted by Gasteiger charge is 2.47. The Morgan fingerprint density at radius 3 is 1.54 bits per heavy atom. The molecule has 1 aliphatic carbocycles. The lowest BCUT2D eigenvalue weighted by atomic mass is 9.68. The van der Waals surface area contributed by atoms with Crippen molar-refractivity contribution in [2.75, 3.05) is 4.90 Å². The van der Waals surface area contributed by atoms with Crippen LogP contribution in [0.4, 0.5) is 17.1 Å². The molecule has 10 aromatic carbocycles. The second-order valence-electron chi connectivity index (χ2n) is 16.0. The van der Waals surface area contributed by atoms with Crippen molar-refractivity contribution < 1.29 is 0 Å². The second kappa shape index (κ2) is 14.3. The summed E-state index contributed by atoms with van der Waals surface area (Å²) in [7, 11) is 0. The molecule has 0 fully saturated rings. The summed E-state index contributed by atoms with van der Waals surface area (Å²) >= 11 is 1.91. The summed E-state index contributed by atoms with van der Waals surface area (Å²) in [6.07, 6.45) is 0. The summed E-state index contributed by atoms with van der Waals surface area (Å²) in [6, 6.07) is 87.2. The second-order valence-corrected chi connectivity index (χ2v) is 17.0. The van der Waals surface area contributed by atoms with Gasteiger partial charge in [0.15, 0.2) is 0 Å². The smallest absolute Gasteiger partial charge is 0.0714 e. The number of thiophene rings is 1. The summed E-state index contributed by atoms with van der Waals surface area (Å²) in [5.41, 5.74) is 15.4. The van der Waals surface area contributed by atoms with Crippen LogP contribution >= 0.6 is 11.3 Å². The number of rotatable bonds is 7. The maximum Gasteiger partial charge on any atom is 0.0714 e. The number of benzene rings is 10. The molecular formula is C59H39NS. The van der Waals surface area contributed by atoms with Gasteiger partial charge in [-0.3, -0.25) is 0 Å². The fourth-order valence-corrected chi connectivity index (χ4v) is 11.4. The molecule has 11 aromatic rings. The lowest BCUT2D eigenvalue weighted by Gasteiger charge is -2.34. The van der Waals surface area contributed by atoms with Crippen LogP contribution in [0.25, 0.3) is 64.3 Å². The van der Waals surface area contributed by atoms with Gasteiger partial charge in [0.1, 0.15) is 0 Å². The van der Waals surface area contributed by atoms with Crippen LogP contribution in [0.15, 0.2) is 237 Å². The maximum atomic E-state index is 2.53. The number of fused-ring (bicyclic) bond motifs is 8. The van der Waals surface area contributed by atoms with Gasteiger partial charge in [-0.1, -0.05) is 212 Å². The zero-order chi connectivity index (χ0) is 40.3. The minimum atomic E-state index is -0.506. The average molecular weight is 794 g/mol. The van der Waals surface area contributed by atoms with Gasteiger partial charge in [-0.05, 0) is 85.1 Å². The molecule has 0 bridgehead atoms. The van der Waals surface area contributed by atoms with E-state index in [4.69, 9.17) is 0 Å². The number of nitrogens with zero attached hydrogens (tertiary/aromatic N) is 1. The SMILES string of the molecule is c1ccc(-c2ccc(-c3ccc(N(c4cccc5c4-c4ccccc4C5(c4ccccc4)c4ccccc4)c4cccc5c4sc4c6ccccc6ccc54)cc3)cc2)cc1. The Morgan fingerprint density at radius 1 is 0.328 bits per heavy atom. The first-order valence-corrected chi connectivity index (χ1v) is 21.8. The van der Waals surface area contributed by atoms with E-state index < -0.39 is 5.41 Å². The molecule has 286 valence electrons. The van der Waals surface area contributed by atoms with Gasteiger partial charge in [-0.25, -0.2) is 0 Å². The van der Waals surface area contributed by atoms with Crippen molar-refractivity contribution in [1.29, 1.82) is 0 Å². The van der Waals surface area contributed by atoms with E-state index in [1.807, 2.05) is 11.3 Å². The molecule has 12 rings (SSSR count). The Balaban J connectivity index is 1.10. The highest BCUT2D eigenvalue weighted by molar-refractivity contribution is 7.27. The lowest BCUT2D eigenvalue weighted by Crippen LogP contribution is -2.28. The highest BCUT2D eigenvalue weighted by Crippen LogP contribution is 2.60. The molecule has 2 heteroatoms. The molecule has 1 heterocycles. The van der Waals surface area contributed by atoms with Crippen LogP contribution in [-0.2, 0) is 5.41 Å². The molecule has 0 amide bonds. The van der Waals surface area contributed by atoms with E-state index in [1.165, 1.54) is 92.3 Å². The predicted octanol–water partition coefficient (Wildman–Crippen LogP) is 16.4. The fraction of sp³-hybridized carbons (Fsp3) is 0.0169. The Bertz CT molecular complexity index is 3350. The minimum absolute atomic E-state index is 0.506. The zero-order valence-electron chi connectivity index (χ0n) is 33.4. The minimum Gasteiger partial charge on any atom is -0.308 e. The molecular weight excluding hydrogens is 755 g/mol. The van der Waals surface area contributed by atoms with E-state index in [-0.39, 0.29) is 0 Å². The molecule has 1 aromatic heterocycles. The Morgan fingerprint density at radius 2 is 0.836 bits per heavy atom. The van der Waals surface area contributed by atoms with Crippen molar-refractivity contribution in [3.8, 4) is 33.4 Å². The summed E-state index contributed by atoms with van der Waals surface area (Å²) in [5, 5.41) is 5.14. The van der Waals surface area contributed by atoms with Gasteiger partial charge < -0.3 is 4.90 Å². The van der Waals surface area contributed by atoms with Crippen LogP contribution in [-0.4, -0.2) is 0 Å². The van der Waals surface area contributed by atoms with E-state index in [0.717, 1.165) is 11.4 Å². The molecule has 0 unspecified atom stereocenters. The molecule has 0 spiro atoms. The van der Waals surface area contributed by atoms with Gasteiger partial charge in [0, 0.05) is 26.7 Å². The van der Waals surface area contributed by atoms with Crippen molar-refractivity contribution in [3.05, 3.63) is 259 Å². The van der Waals surface area contributed by atoms with Crippen molar-refractivity contribution in [3.63, 3.8) is 0 Å². The largest absolute Gasteiger partial charge is 0.308 e. The van der Waals surface area contributed by atoms with Gasteiger partial charge in [-0.15, -0.1) is 11.3 Å². The fourth-order valence-electron chi connectivity index (χ4n) is 10.0. The van der Waals surface area contributed by atoms with E-state index >= 15 is 0 Å². The Kier molecular flexibility index (Phi) is 8.33. The third-order valence-electron chi connectivity index (χ3n) is 12.8. The summed E-state index contributed by atoms with van der Waals surface area (Å²) in [5.74, 6) is 0. The molecule has 0 radical (unpaired) electrons. The molecule has 0 saturated carbocycles. The van der Waals surface area contributed by atoms with Gasteiger partial charge >= 0.3 is 0 Å². The van der Waals surface area contributed by atoms with Gasteiger partial charge in [0.25, 0.3) is 0 Å². The van der Waals surface area contributed by atoms with E-state index in [0.29, 0.717) is 0 Å². The van der Waals surface area contributed by atoms with Crippen molar-refractivity contribution in [1.82, 2.24) is 0 Å². The standard InChI is InChI=1S/C59H39NS/c1-4-16-40(17-5-1)41-30-32-42(33-31-41)43-34-37-47(38-35-43)60(55-29-14-25-49-50-39-36-44-18-10-11-23-48(44)57(50)61-58(49)55)54-28-15-27-53-56(54)51-24-12-13-26-52(51)59(53,45-19-6-2-7-20-45)46-21-8-3-9-22-46/h1-39H. The zero-order valence-corrected chi connectivity index (χ0v) is 34.2. The lowest BCUT2D eigenvalue weighted by molar-refractivity contribution is 0.768. The van der Waals surface area contributed by atoms with Gasteiger partial charge in [0.2, 0.25) is 0 Å². The molecule has 0 saturated heterocycles. The summed E-state index contributed by atoms with van der Waals surface area (Å²) in [4.78, 5) is 2.53. The highest BCUT2D eigenvalue weighted by atomic mass is 32.1. The van der Waals surface area contributed by atoms with Crippen LogP contribution in [0.5, 0.6) is 0 Å². The molecule has 0 aliphatic heterocycles. The topological polar surface area (TPSA) is 3.24 Å². The molecule has 1 aliphatic rings. The summed E-state index contributed by atoms with van der Waals surface area (Å²) < 4.78 is 2.60. The van der Waals surface area contributed by atoms with Crippen LogP contribution < -0.4 is 4.90 Å². The van der Waals surface area contributed by atoms with E-state index in [9.17, 15) is 0 Å². The summed E-state index contributed by atoms with van der Waals surface area (Å²) in [6.45, 7) is 0. The van der Waals surface area contributed by atoms with E-state index in [1.54, 1.807) is 0 Å². The van der Waals surface area contributed by atoms with Gasteiger partial charge in [0.05, 0.1) is 21.5 Å². The van der Waals surface area contributed by atoms with Crippen LogP contribution in [0.1, 0.15) is 22.3 Å². The number of hydrogen-bond donors (Lipinski definition) is 0. The molecule has 61 heavy (non-hydrogen) atoms. The Hall–Kier alpha value is -7.52. The quantitative estimate of drug-likeness (QED) is 0.155. The number of hydrogen-bond acceptors (Lipinski definition) is 2. The average Bonchev–Trinajstić information content (AvgIpc) is 3.88. The van der Waals surface area contributed by atoms with Crippen molar-refractivity contribution in [2.24, 2.45) is 0 Å². The molecule has 0 N–H and O–H groups in total. The van der Waals surface area contributed by atoms with Crippen LogP contribution in [0, 0.1) is 0 Å². The maximum absolute atomic E-state index is 2.53. The van der Waals surface area contributed by atoms with Crippen molar-refractivity contribution >= 4 is 59.3 Å². The number of anilines is 3. The third-order valence-corrected chi connectivity index (χ3v) is 14.0. The monoisotopic (exact) mass is 793 g/mol. The normalized spacial score (nSPS) is 12.7. The molecule has 0 atom stereocenters. The van der Waals surface area contributed by atoms with Crippen LogP contribution in [0.2, 0.25) is 0 Å². The third kappa shape index (κ3) is 5.53. The first-order chi connectivity index (χ1) is 30.3. The Labute approximate surface area is 360 Å². The first kappa shape index (κ1) is 35.4.